The van der Waals surface area contributed by atoms with Crippen molar-refractivity contribution in [1.82, 2.24) is 14.5 Å². The predicted molar refractivity (Wildman–Crippen MR) is 133 cm³/mol. The standard InChI is InChI=1S/C25H33FN4O4S/c1-19(25(32)27-22-9-7-8-10-22)29(17-20-13-15-21(26)16-14-20)24(31)18-30(35(33,34)28(2)3)23-11-5-4-6-12-23/h4-6,11-16,19,22H,7-10,17-18H2,1-3H3,(H,27,32)/t19-/m1/s1. The molecular formula is C25H33FN4O4S. The number of carbonyl (C=O) groups is 2. The quantitative estimate of drug-likeness (QED) is 0.539. The number of hydrogen-bond acceptors (Lipinski definition) is 4. The third-order valence-electron chi connectivity index (χ3n) is 6.20. The molecular weight excluding hydrogens is 471 g/mol. The Hall–Kier alpha value is -2.98. The molecule has 0 radical (unpaired) electrons. The summed E-state index contributed by atoms with van der Waals surface area (Å²) >= 11 is 0. The summed E-state index contributed by atoms with van der Waals surface area (Å²) in [4.78, 5) is 28.0. The number of para-hydroxylation sites is 1. The molecule has 1 N–H and O–H groups in total. The topological polar surface area (TPSA) is 90.0 Å². The van der Waals surface area contributed by atoms with Crippen molar-refractivity contribution in [1.29, 1.82) is 0 Å². The van der Waals surface area contributed by atoms with Crippen LogP contribution in [-0.2, 0) is 26.3 Å². The van der Waals surface area contributed by atoms with Crippen LogP contribution in [0.3, 0.4) is 0 Å². The highest BCUT2D eigenvalue weighted by Crippen LogP contribution is 2.21. The van der Waals surface area contributed by atoms with Crippen molar-refractivity contribution in [3.8, 4) is 0 Å². The van der Waals surface area contributed by atoms with Gasteiger partial charge in [0.25, 0.3) is 0 Å². The minimum absolute atomic E-state index is 0.0308. The average Bonchev–Trinajstić information content (AvgIpc) is 3.35. The Morgan fingerprint density at radius 1 is 1.03 bits per heavy atom. The number of benzene rings is 2. The molecule has 2 aromatic carbocycles. The molecule has 3 rings (SSSR count). The van der Waals surface area contributed by atoms with Gasteiger partial charge in [-0.1, -0.05) is 43.2 Å². The highest BCUT2D eigenvalue weighted by molar-refractivity contribution is 7.90. The zero-order chi connectivity index (χ0) is 25.6. The minimum Gasteiger partial charge on any atom is -0.352 e. The largest absolute Gasteiger partial charge is 0.352 e. The van der Waals surface area contributed by atoms with E-state index in [0.717, 1.165) is 34.3 Å². The maximum atomic E-state index is 13.6. The Bertz CT molecular complexity index is 1100. The Balaban J connectivity index is 1.89. The van der Waals surface area contributed by atoms with E-state index in [0.29, 0.717) is 11.3 Å². The smallest absolute Gasteiger partial charge is 0.304 e. The van der Waals surface area contributed by atoms with Crippen LogP contribution >= 0.6 is 0 Å². The summed E-state index contributed by atoms with van der Waals surface area (Å²) in [6.45, 7) is 1.16. The monoisotopic (exact) mass is 504 g/mol. The van der Waals surface area contributed by atoms with Crippen molar-refractivity contribution in [2.45, 2.75) is 51.2 Å². The fraction of sp³-hybridized carbons (Fsp3) is 0.440. The van der Waals surface area contributed by atoms with Crippen LogP contribution in [0.25, 0.3) is 0 Å². The molecule has 0 aliphatic heterocycles. The molecule has 8 nitrogen and oxygen atoms in total. The second-order valence-electron chi connectivity index (χ2n) is 8.95. The van der Waals surface area contributed by atoms with Crippen LogP contribution in [0.4, 0.5) is 10.1 Å². The van der Waals surface area contributed by atoms with E-state index in [4.69, 9.17) is 0 Å². The first-order valence-electron chi connectivity index (χ1n) is 11.7. The molecule has 0 aromatic heterocycles. The molecule has 10 heteroatoms. The van der Waals surface area contributed by atoms with E-state index in [2.05, 4.69) is 5.32 Å². The van der Waals surface area contributed by atoms with Gasteiger partial charge in [-0.3, -0.25) is 9.59 Å². The first kappa shape index (κ1) is 26.6. The van der Waals surface area contributed by atoms with E-state index in [1.165, 1.54) is 31.1 Å². The van der Waals surface area contributed by atoms with Gasteiger partial charge < -0.3 is 10.2 Å². The van der Waals surface area contributed by atoms with E-state index in [-0.39, 0.29) is 18.5 Å². The summed E-state index contributed by atoms with van der Waals surface area (Å²) in [5, 5.41) is 3.01. The number of nitrogens with one attached hydrogen (secondary N) is 1. The van der Waals surface area contributed by atoms with Crippen molar-refractivity contribution in [3.05, 3.63) is 66.0 Å². The van der Waals surface area contributed by atoms with Crippen molar-refractivity contribution in [2.24, 2.45) is 0 Å². The number of anilines is 1. The van der Waals surface area contributed by atoms with Crippen LogP contribution in [0.2, 0.25) is 0 Å². The highest BCUT2D eigenvalue weighted by Gasteiger charge is 2.33. The molecule has 35 heavy (non-hydrogen) atoms. The van der Waals surface area contributed by atoms with Crippen molar-refractivity contribution in [2.75, 3.05) is 24.9 Å². The van der Waals surface area contributed by atoms with Gasteiger partial charge in [0.1, 0.15) is 18.4 Å². The molecule has 1 aliphatic carbocycles. The number of carbonyl (C=O) groups excluding carboxylic acids is 2. The van der Waals surface area contributed by atoms with Crippen LogP contribution in [0, 0.1) is 5.82 Å². The molecule has 2 amide bonds. The summed E-state index contributed by atoms with van der Waals surface area (Å²) < 4.78 is 41.7. The molecule has 1 atom stereocenters. The summed E-state index contributed by atoms with van der Waals surface area (Å²) in [5.74, 6) is -1.25. The van der Waals surface area contributed by atoms with Gasteiger partial charge in [-0.25, -0.2) is 8.70 Å². The summed E-state index contributed by atoms with van der Waals surface area (Å²) in [6, 6.07) is 13.2. The van der Waals surface area contributed by atoms with Crippen LogP contribution < -0.4 is 9.62 Å². The van der Waals surface area contributed by atoms with Gasteiger partial charge in [-0.15, -0.1) is 0 Å². The summed E-state index contributed by atoms with van der Waals surface area (Å²) in [6.07, 6.45) is 3.89. The van der Waals surface area contributed by atoms with E-state index in [1.807, 2.05) is 0 Å². The molecule has 1 fully saturated rings. The molecule has 0 bridgehead atoms. The number of hydrogen-bond donors (Lipinski definition) is 1. The molecule has 0 unspecified atom stereocenters. The Morgan fingerprint density at radius 3 is 2.20 bits per heavy atom. The lowest BCUT2D eigenvalue weighted by molar-refractivity contribution is -0.139. The summed E-state index contributed by atoms with van der Waals surface area (Å²) in [7, 11) is -1.21. The number of nitrogens with zero attached hydrogens (tertiary/aromatic N) is 3. The highest BCUT2D eigenvalue weighted by atomic mass is 32.2. The molecule has 1 saturated carbocycles. The van der Waals surface area contributed by atoms with E-state index < -0.39 is 34.5 Å². The van der Waals surface area contributed by atoms with Gasteiger partial charge in [0, 0.05) is 26.7 Å². The van der Waals surface area contributed by atoms with Crippen molar-refractivity contribution in [3.63, 3.8) is 0 Å². The van der Waals surface area contributed by atoms with Crippen molar-refractivity contribution < 1.29 is 22.4 Å². The molecule has 0 saturated heterocycles. The van der Waals surface area contributed by atoms with Crippen LogP contribution in [0.1, 0.15) is 38.2 Å². The zero-order valence-corrected chi connectivity index (χ0v) is 21.2. The van der Waals surface area contributed by atoms with E-state index in [9.17, 15) is 22.4 Å². The van der Waals surface area contributed by atoms with Crippen molar-refractivity contribution >= 4 is 27.7 Å². The van der Waals surface area contributed by atoms with Crippen LogP contribution in [-0.4, -0.2) is 62.2 Å². The van der Waals surface area contributed by atoms with Gasteiger partial charge >= 0.3 is 10.2 Å². The molecule has 0 heterocycles. The number of rotatable bonds is 10. The molecule has 0 spiro atoms. The van der Waals surface area contributed by atoms with Gasteiger partial charge in [0.2, 0.25) is 11.8 Å². The molecule has 2 aromatic rings. The van der Waals surface area contributed by atoms with Gasteiger partial charge in [0.05, 0.1) is 5.69 Å². The Labute approximate surface area is 206 Å². The SMILES string of the molecule is C[C@H](C(=O)NC1CCCC1)N(Cc1ccc(F)cc1)C(=O)CN(c1ccccc1)S(=O)(=O)N(C)C. The first-order valence-corrected chi connectivity index (χ1v) is 13.1. The summed E-state index contributed by atoms with van der Waals surface area (Å²) in [5.41, 5.74) is 0.960. The fourth-order valence-electron chi connectivity index (χ4n) is 4.07. The second-order valence-corrected chi connectivity index (χ2v) is 11.0. The van der Waals surface area contributed by atoms with Gasteiger partial charge in [0.15, 0.2) is 0 Å². The van der Waals surface area contributed by atoms with Gasteiger partial charge in [-0.05, 0) is 49.6 Å². The Kier molecular flexibility index (Phi) is 8.85. The van der Waals surface area contributed by atoms with Gasteiger partial charge in [-0.2, -0.15) is 12.7 Å². The fourth-order valence-corrected chi connectivity index (χ4v) is 5.13. The minimum atomic E-state index is -3.99. The van der Waals surface area contributed by atoms with E-state index >= 15 is 0 Å². The van der Waals surface area contributed by atoms with Crippen LogP contribution in [0.15, 0.2) is 54.6 Å². The lowest BCUT2D eigenvalue weighted by Crippen LogP contribution is -2.53. The zero-order valence-electron chi connectivity index (χ0n) is 20.4. The number of halogens is 1. The third-order valence-corrected chi connectivity index (χ3v) is 8.02. The van der Waals surface area contributed by atoms with Crippen LogP contribution in [0.5, 0.6) is 0 Å². The normalized spacial score (nSPS) is 15.1. The lowest BCUT2D eigenvalue weighted by Gasteiger charge is -2.33. The number of amides is 2. The maximum Gasteiger partial charge on any atom is 0.304 e. The molecule has 1 aliphatic rings. The third kappa shape index (κ3) is 6.79. The van der Waals surface area contributed by atoms with E-state index in [1.54, 1.807) is 49.4 Å². The first-order chi connectivity index (χ1) is 16.6. The lowest BCUT2D eigenvalue weighted by atomic mass is 10.1. The Morgan fingerprint density at radius 2 is 1.63 bits per heavy atom. The molecule has 190 valence electrons. The predicted octanol–water partition coefficient (Wildman–Crippen LogP) is 2.91. The maximum absolute atomic E-state index is 13.6. The average molecular weight is 505 g/mol. The second kappa shape index (κ2) is 11.6.